The summed E-state index contributed by atoms with van der Waals surface area (Å²) in [6, 6.07) is 8.75. The number of halogens is 2. The summed E-state index contributed by atoms with van der Waals surface area (Å²) < 4.78 is 13.7. The van der Waals surface area contributed by atoms with Crippen LogP contribution in [0.2, 0.25) is 0 Å². The van der Waals surface area contributed by atoms with Gasteiger partial charge in [0.15, 0.2) is 0 Å². The first kappa shape index (κ1) is 11.1. The molecule has 0 aliphatic heterocycles. The van der Waals surface area contributed by atoms with Gasteiger partial charge in [0.05, 0.1) is 0 Å². The zero-order valence-electron chi connectivity index (χ0n) is 8.87. The summed E-state index contributed by atoms with van der Waals surface area (Å²) >= 11 is 5.64. The van der Waals surface area contributed by atoms with Crippen molar-refractivity contribution in [1.82, 2.24) is 4.98 Å². The van der Waals surface area contributed by atoms with Gasteiger partial charge in [-0.3, -0.25) is 4.98 Å². The van der Waals surface area contributed by atoms with Gasteiger partial charge in [-0.1, -0.05) is 18.2 Å². The third-order valence-electron chi connectivity index (χ3n) is 2.41. The molecule has 1 nitrogen and oxygen atoms in total. The third-order valence-corrected chi connectivity index (χ3v) is 2.72. The summed E-state index contributed by atoms with van der Waals surface area (Å²) in [7, 11) is 0. The Morgan fingerprint density at radius 3 is 2.62 bits per heavy atom. The molecule has 1 aromatic heterocycles. The van der Waals surface area contributed by atoms with E-state index in [-0.39, 0.29) is 5.82 Å². The minimum absolute atomic E-state index is 0.260. The molecule has 0 saturated carbocycles. The average molecular weight is 236 g/mol. The van der Waals surface area contributed by atoms with Gasteiger partial charge in [-0.15, -0.1) is 11.6 Å². The van der Waals surface area contributed by atoms with E-state index in [0.29, 0.717) is 11.4 Å². The molecule has 82 valence electrons. The standard InChI is InChI=1S/C13H11ClFN/c1-9-2-4-11(8-16-9)12-5-3-10(7-14)6-13(12)15/h2-6,8H,7H2,1H3. The molecule has 0 amide bonds. The maximum absolute atomic E-state index is 13.7. The number of hydrogen-bond donors (Lipinski definition) is 0. The summed E-state index contributed by atoms with van der Waals surface area (Å²) in [6.45, 7) is 1.90. The summed E-state index contributed by atoms with van der Waals surface area (Å²) in [4.78, 5) is 4.15. The van der Waals surface area contributed by atoms with Gasteiger partial charge in [0.2, 0.25) is 0 Å². The van der Waals surface area contributed by atoms with Gasteiger partial charge >= 0.3 is 0 Å². The molecule has 0 N–H and O–H groups in total. The van der Waals surface area contributed by atoms with Crippen molar-refractivity contribution in [2.24, 2.45) is 0 Å². The zero-order valence-corrected chi connectivity index (χ0v) is 9.63. The van der Waals surface area contributed by atoms with Crippen molar-refractivity contribution in [2.45, 2.75) is 12.8 Å². The van der Waals surface area contributed by atoms with E-state index < -0.39 is 0 Å². The van der Waals surface area contributed by atoms with Gasteiger partial charge in [0.25, 0.3) is 0 Å². The van der Waals surface area contributed by atoms with Crippen LogP contribution in [-0.4, -0.2) is 4.98 Å². The first-order valence-corrected chi connectivity index (χ1v) is 5.51. The van der Waals surface area contributed by atoms with Gasteiger partial charge in [0.1, 0.15) is 5.82 Å². The molecule has 0 bridgehead atoms. The van der Waals surface area contributed by atoms with Crippen LogP contribution in [0.3, 0.4) is 0 Å². The summed E-state index contributed by atoms with van der Waals surface area (Å²) in [6.07, 6.45) is 1.67. The topological polar surface area (TPSA) is 12.9 Å². The zero-order chi connectivity index (χ0) is 11.5. The van der Waals surface area contributed by atoms with E-state index >= 15 is 0 Å². The maximum atomic E-state index is 13.7. The second-order valence-electron chi connectivity index (χ2n) is 3.64. The van der Waals surface area contributed by atoms with E-state index in [1.807, 2.05) is 25.1 Å². The molecule has 0 aliphatic carbocycles. The van der Waals surface area contributed by atoms with Crippen LogP contribution in [0, 0.1) is 12.7 Å². The summed E-state index contributed by atoms with van der Waals surface area (Å²) in [5, 5.41) is 0. The second kappa shape index (κ2) is 4.62. The van der Waals surface area contributed by atoms with Crippen molar-refractivity contribution >= 4 is 11.6 Å². The van der Waals surface area contributed by atoms with E-state index in [4.69, 9.17) is 11.6 Å². The van der Waals surface area contributed by atoms with E-state index in [1.54, 1.807) is 12.3 Å². The van der Waals surface area contributed by atoms with Crippen LogP contribution in [0.25, 0.3) is 11.1 Å². The molecule has 2 rings (SSSR count). The van der Waals surface area contributed by atoms with Gasteiger partial charge in [-0.2, -0.15) is 0 Å². The molecule has 1 aromatic carbocycles. The highest BCUT2D eigenvalue weighted by Crippen LogP contribution is 2.23. The van der Waals surface area contributed by atoms with Crippen LogP contribution in [0.15, 0.2) is 36.5 Å². The molecule has 1 heterocycles. The molecule has 16 heavy (non-hydrogen) atoms. The average Bonchev–Trinajstić information content (AvgIpc) is 2.30. The Kier molecular flexibility index (Phi) is 3.20. The Bertz CT molecular complexity index is 494. The highest BCUT2D eigenvalue weighted by atomic mass is 35.5. The molecule has 3 heteroatoms. The monoisotopic (exact) mass is 235 g/mol. The lowest BCUT2D eigenvalue weighted by Gasteiger charge is -2.04. The number of benzene rings is 1. The van der Waals surface area contributed by atoms with Gasteiger partial charge in [-0.05, 0) is 24.6 Å². The van der Waals surface area contributed by atoms with Crippen molar-refractivity contribution in [3.63, 3.8) is 0 Å². The van der Waals surface area contributed by atoms with Gasteiger partial charge in [0, 0.05) is 28.9 Å². The minimum atomic E-state index is -0.260. The fourth-order valence-corrected chi connectivity index (χ4v) is 1.67. The second-order valence-corrected chi connectivity index (χ2v) is 3.90. The number of aromatic nitrogens is 1. The number of alkyl halides is 1. The lowest BCUT2D eigenvalue weighted by Crippen LogP contribution is -1.89. The number of hydrogen-bond acceptors (Lipinski definition) is 1. The molecule has 0 atom stereocenters. The quantitative estimate of drug-likeness (QED) is 0.719. The van der Waals surface area contributed by atoms with Gasteiger partial charge in [-0.25, -0.2) is 4.39 Å². The first-order valence-electron chi connectivity index (χ1n) is 4.98. The number of rotatable bonds is 2. The fraction of sp³-hybridized carbons (Fsp3) is 0.154. The SMILES string of the molecule is Cc1ccc(-c2ccc(CCl)cc2F)cn1. The molecule has 2 aromatic rings. The Labute approximate surface area is 98.9 Å². The predicted octanol–water partition coefficient (Wildman–Crippen LogP) is 3.93. The Morgan fingerprint density at radius 2 is 2.06 bits per heavy atom. The van der Waals surface area contributed by atoms with Crippen molar-refractivity contribution in [1.29, 1.82) is 0 Å². The van der Waals surface area contributed by atoms with Crippen LogP contribution < -0.4 is 0 Å². The van der Waals surface area contributed by atoms with Crippen molar-refractivity contribution in [3.8, 4) is 11.1 Å². The third kappa shape index (κ3) is 2.22. The molecular weight excluding hydrogens is 225 g/mol. The van der Waals surface area contributed by atoms with Crippen LogP contribution >= 0.6 is 11.6 Å². The minimum Gasteiger partial charge on any atom is -0.261 e. The highest BCUT2D eigenvalue weighted by Gasteiger charge is 2.05. The Morgan fingerprint density at radius 1 is 1.25 bits per heavy atom. The highest BCUT2D eigenvalue weighted by molar-refractivity contribution is 6.17. The molecule has 0 saturated heterocycles. The lowest BCUT2D eigenvalue weighted by atomic mass is 10.1. The van der Waals surface area contributed by atoms with Crippen LogP contribution in [0.4, 0.5) is 4.39 Å². The number of aryl methyl sites for hydroxylation is 1. The molecular formula is C13H11ClFN. The Hall–Kier alpha value is -1.41. The van der Waals surface area contributed by atoms with Crippen LogP contribution in [0.1, 0.15) is 11.3 Å². The summed E-state index contributed by atoms with van der Waals surface area (Å²) in [5.41, 5.74) is 3.04. The fourth-order valence-electron chi connectivity index (χ4n) is 1.50. The first-order chi connectivity index (χ1) is 7.70. The van der Waals surface area contributed by atoms with Gasteiger partial charge < -0.3 is 0 Å². The van der Waals surface area contributed by atoms with Crippen LogP contribution in [0.5, 0.6) is 0 Å². The molecule has 0 fully saturated rings. The molecule has 0 aliphatic rings. The van der Waals surface area contributed by atoms with E-state index in [2.05, 4.69) is 4.98 Å². The van der Waals surface area contributed by atoms with E-state index in [0.717, 1.165) is 16.8 Å². The van der Waals surface area contributed by atoms with E-state index in [1.165, 1.54) is 6.07 Å². The molecule has 0 spiro atoms. The normalized spacial score (nSPS) is 10.4. The van der Waals surface area contributed by atoms with Crippen molar-refractivity contribution in [3.05, 3.63) is 53.6 Å². The maximum Gasteiger partial charge on any atom is 0.131 e. The number of pyridine rings is 1. The molecule has 0 radical (unpaired) electrons. The predicted molar refractivity (Wildman–Crippen MR) is 63.9 cm³/mol. The summed E-state index contributed by atoms with van der Waals surface area (Å²) in [5.74, 6) is 0.0624. The smallest absolute Gasteiger partial charge is 0.131 e. The van der Waals surface area contributed by atoms with Crippen molar-refractivity contribution < 1.29 is 4.39 Å². The largest absolute Gasteiger partial charge is 0.261 e. The van der Waals surface area contributed by atoms with E-state index in [9.17, 15) is 4.39 Å². The number of nitrogens with zero attached hydrogens (tertiary/aromatic N) is 1. The van der Waals surface area contributed by atoms with Crippen molar-refractivity contribution in [2.75, 3.05) is 0 Å². The Balaban J connectivity index is 2.44. The molecule has 0 unspecified atom stereocenters. The van der Waals surface area contributed by atoms with Crippen LogP contribution in [-0.2, 0) is 5.88 Å². The lowest BCUT2D eigenvalue weighted by molar-refractivity contribution is 0.630.